The van der Waals surface area contributed by atoms with Gasteiger partial charge in [-0.25, -0.2) is 9.97 Å². The van der Waals surface area contributed by atoms with Gasteiger partial charge >= 0.3 is 0 Å². The van der Waals surface area contributed by atoms with E-state index >= 15 is 0 Å². The summed E-state index contributed by atoms with van der Waals surface area (Å²) in [6, 6.07) is 0. The number of nitrogens with two attached hydrogens (primary N) is 1. The number of anilines is 1. The normalized spacial score (nSPS) is 12.5. The third-order valence-corrected chi connectivity index (χ3v) is 1.54. The number of aromatic nitrogens is 2. The number of nitrogens with zero attached hydrogens (tertiary/aromatic N) is 2. The van der Waals surface area contributed by atoms with Gasteiger partial charge in [0.05, 0.1) is 18.5 Å². The second kappa shape index (κ2) is 3.90. The van der Waals surface area contributed by atoms with Crippen LogP contribution in [0.3, 0.4) is 0 Å². The molecule has 0 amide bonds. The van der Waals surface area contributed by atoms with Crippen molar-refractivity contribution in [3.05, 3.63) is 12.4 Å². The standard InChI is InChI=1S/C8H13N3O/c1-3-6(2)12-8-5-10-7(9)4-11-8/h4-6H,3H2,1-2H3,(H2,9,10). The topological polar surface area (TPSA) is 61.0 Å². The van der Waals surface area contributed by atoms with Crippen molar-refractivity contribution in [2.75, 3.05) is 5.73 Å². The fraction of sp³-hybridized carbons (Fsp3) is 0.500. The van der Waals surface area contributed by atoms with Crippen LogP contribution in [0.25, 0.3) is 0 Å². The van der Waals surface area contributed by atoms with Gasteiger partial charge in [0.1, 0.15) is 5.82 Å². The summed E-state index contributed by atoms with van der Waals surface area (Å²) >= 11 is 0. The molecule has 1 atom stereocenters. The maximum absolute atomic E-state index is 5.39. The molecule has 1 aromatic rings. The highest BCUT2D eigenvalue weighted by atomic mass is 16.5. The van der Waals surface area contributed by atoms with Crippen LogP contribution in [0.15, 0.2) is 12.4 Å². The summed E-state index contributed by atoms with van der Waals surface area (Å²) in [6.45, 7) is 4.04. The Hall–Kier alpha value is -1.32. The van der Waals surface area contributed by atoms with Crippen LogP contribution in [0.1, 0.15) is 20.3 Å². The third kappa shape index (κ3) is 2.38. The predicted molar refractivity (Wildman–Crippen MR) is 46.8 cm³/mol. The van der Waals surface area contributed by atoms with E-state index < -0.39 is 0 Å². The number of hydrogen-bond acceptors (Lipinski definition) is 4. The summed E-state index contributed by atoms with van der Waals surface area (Å²) in [5.74, 6) is 0.935. The first-order chi connectivity index (χ1) is 5.72. The Morgan fingerprint density at radius 3 is 2.75 bits per heavy atom. The van der Waals surface area contributed by atoms with Gasteiger partial charge in [-0.05, 0) is 13.3 Å². The zero-order valence-electron chi connectivity index (χ0n) is 7.32. The minimum atomic E-state index is 0.169. The average molecular weight is 167 g/mol. The van der Waals surface area contributed by atoms with Gasteiger partial charge < -0.3 is 10.5 Å². The van der Waals surface area contributed by atoms with Crippen molar-refractivity contribution in [3.8, 4) is 5.88 Å². The first-order valence-electron chi connectivity index (χ1n) is 3.96. The Balaban J connectivity index is 2.58. The molecule has 1 unspecified atom stereocenters. The van der Waals surface area contributed by atoms with Crippen LogP contribution in [0.2, 0.25) is 0 Å². The van der Waals surface area contributed by atoms with E-state index in [1.807, 2.05) is 6.92 Å². The summed E-state index contributed by atoms with van der Waals surface area (Å²) in [5.41, 5.74) is 5.36. The van der Waals surface area contributed by atoms with Crippen molar-refractivity contribution in [1.29, 1.82) is 0 Å². The first kappa shape index (κ1) is 8.77. The van der Waals surface area contributed by atoms with Crippen LogP contribution >= 0.6 is 0 Å². The molecule has 1 heterocycles. The molecule has 66 valence electrons. The van der Waals surface area contributed by atoms with Crippen molar-refractivity contribution >= 4 is 5.82 Å². The predicted octanol–water partition coefficient (Wildman–Crippen LogP) is 1.24. The van der Waals surface area contributed by atoms with Gasteiger partial charge in [-0.2, -0.15) is 0 Å². The van der Waals surface area contributed by atoms with E-state index in [-0.39, 0.29) is 6.10 Å². The Morgan fingerprint density at radius 2 is 2.25 bits per heavy atom. The van der Waals surface area contributed by atoms with E-state index in [0.29, 0.717) is 11.7 Å². The molecule has 0 aliphatic rings. The molecule has 1 rings (SSSR count). The molecule has 0 radical (unpaired) electrons. The molecule has 0 saturated carbocycles. The van der Waals surface area contributed by atoms with E-state index in [1.165, 1.54) is 12.4 Å². The van der Waals surface area contributed by atoms with Crippen molar-refractivity contribution < 1.29 is 4.74 Å². The number of ether oxygens (including phenoxy) is 1. The number of rotatable bonds is 3. The van der Waals surface area contributed by atoms with Crippen molar-refractivity contribution in [1.82, 2.24) is 9.97 Å². The number of nitrogen functional groups attached to an aromatic ring is 1. The maximum Gasteiger partial charge on any atom is 0.232 e. The number of hydrogen-bond donors (Lipinski definition) is 1. The SMILES string of the molecule is CCC(C)Oc1cnc(N)cn1. The molecule has 0 bridgehead atoms. The summed E-state index contributed by atoms with van der Waals surface area (Å²) in [4.78, 5) is 7.81. The molecule has 0 spiro atoms. The average Bonchev–Trinajstić information content (AvgIpc) is 2.09. The molecule has 0 aromatic carbocycles. The van der Waals surface area contributed by atoms with Crippen LogP contribution in [0.5, 0.6) is 5.88 Å². The highest BCUT2D eigenvalue weighted by Gasteiger charge is 2.01. The molecule has 0 aliphatic carbocycles. The fourth-order valence-corrected chi connectivity index (χ4v) is 0.676. The minimum absolute atomic E-state index is 0.169. The van der Waals surface area contributed by atoms with Crippen LogP contribution in [-0.2, 0) is 0 Å². The molecule has 2 N–H and O–H groups in total. The molecule has 4 heteroatoms. The molecule has 12 heavy (non-hydrogen) atoms. The van der Waals surface area contributed by atoms with Crippen LogP contribution in [-0.4, -0.2) is 16.1 Å². The Labute approximate surface area is 71.8 Å². The lowest BCUT2D eigenvalue weighted by molar-refractivity contribution is 0.208. The van der Waals surface area contributed by atoms with Gasteiger partial charge in [-0.15, -0.1) is 0 Å². The maximum atomic E-state index is 5.39. The summed E-state index contributed by atoms with van der Waals surface area (Å²) in [5, 5.41) is 0. The zero-order valence-corrected chi connectivity index (χ0v) is 7.32. The molecular weight excluding hydrogens is 154 g/mol. The molecule has 0 saturated heterocycles. The highest BCUT2D eigenvalue weighted by Crippen LogP contribution is 2.08. The lowest BCUT2D eigenvalue weighted by atomic mass is 10.3. The largest absolute Gasteiger partial charge is 0.474 e. The van der Waals surface area contributed by atoms with E-state index in [2.05, 4.69) is 16.9 Å². The third-order valence-electron chi connectivity index (χ3n) is 1.54. The van der Waals surface area contributed by atoms with Crippen LogP contribution in [0.4, 0.5) is 5.82 Å². The molecular formula is C8H13N3O. The Kier molecular flexibility index (Phi) is 2.85. The quantitative estimate of drug-likeness (QED) is 0.735. The van der Waals surface area contributed by atoms with Gasteiger partial charge in [0, 0.05) is 0 Å². The molecule has 0 aliphatic heterocycles. The van der Waals surface area contributed by atoms with Gasteiger partial charge in [0.2, 0.25) is 5.88 Å². The van der Waals surface area contributed by atoms with E-state index in [1.54, 1.807) is 0 Å². The van der Waals surface area contributed by atoms with Gasteiger partial charge in [0.25, 0.3) is 0 Å². The lowest BCUT2D eigenvalue weighted by Gasteiger charge is -2.10. The highest BCUT2D eigenvalue weighted by molar-refractivity contribution is 5.24. The molecule has 1 aromatic heterocycles. The lowest BCUT2D eigenvalue weighted by Crippen LogP contribution is -2.11. The molecule has 4 nitrogen and oxygen atoms in total. The van der Waals surface area contributed by atoms with Crippen LogP contribution in [0, 0.1) is 0 Å². The van der Waals surface area contributed by atoms with Crippen molar-refractivity contribution in [3.63, 3.8) is 0 Å². The van der Waals surface area contributed by atoms with Crippen molar-refractivity contribution in [2.24, 2.45) is 0 Å². The fourth-order valence-electron chi connectivity index (χ4n) is 0.676. The van der Waals surface area contributed by atoms with E-state index in [4.69, 9.17) is 10.5 Å². The summed E-state index contributed by atoms with van der Waals surface area (Å²) in [6.07, 6.45) is 4.13. The second-order valence-electron chi connectivity index (χ2n) is 2.62. The monoisotopic (exact) mass is 167 g/mol. The Bertz CT molecular complexity index is 235. The van der Waals surface area contributed by atoms with Gasteiger partial charge in [-0.1, -0.05) is 6.92 Å². The van der Waals surface area contributed by atoms with E-state index in [9.17, 15) is 0 Å². The van der Waals surface area contributed by atoms with Gasteiger partial charge in [-0.3, -0.25) is 0 Å². The molecule has 0 fully saturated rings. The smallest absolute Gasteiger partial charge is 0.232 e. The zero-order chi connectivity index (χ0) is 8.97. The second-order valence-corrected chi connectivity index (χ2v) is 2.62. The van der Waals surface area contributed by atoms with Crippen LogP contribution < -0.4 is 10.5 Å². The van der Waals surface area contributed by atoms with Gasteiger partial charge in [0.15, 0.2) is 0 Å². The first-order valence-corrected chi connectivity index (χ1v) is 3.96. The van der Waals surface area contributed by atoms with E-state index in [0.717, 1.165) is 6.42 Å². The summed E-state index contributed by atoms with van der Waals surface area (Å²) in [7, 11) is 0. The minimum Gasteiger partial charge on any atom is -0.474 e. The summed E-state index contributed by atoms with van der Waals surface area (Å²) < 4.78 is 5.39. The Morgan fingerprint density at radius 1 is 1.50 bits per heavy atom. The van der Waals surface area contributed by atoms with Crippen molar-refractivity contribution in [2.45, 2.75) is 26.4 Å².